The van der Waals surface area contributed by atoms with Crippen molar-refractivity contribution < 1.29 is 13.2 Å². The van der Waals surface area contributed by atoms with Crippen LogP contribution in [0, 0.1) is 23.4 Å². The van der Waals surface area contributed by atoms with E-state index in [0.29, 0.717) is 6.07 Å². The van der Waals surface area contributed by atoms with Crippen molar-refractivity contribution in [1.82, 2.24) is 0 Å². The number of benzene rings is 1. The summed E-state index contributed by atoms with van der Waals surface area (Å²) in [5, 5.41) is 0. The third-order valence-electron chi connectivity index (χ3n) is 2.51. The highest BCUT2D eigenvalue weighted by Gasteiger charge is 2.32. The molecule has 0 radical (unpaired) electrons. The Bertz CT molecular complexity index is 361. The Morgan fingerprint density at radius 3 is 2.43 bits per heavy atom. The highest BCUT2D eigenvalue weighted by atomic mass is 19.2. The molecule has 4 heteroatoms. The first-order valence-corrected chi connectivity index (χ1v) is 4.49. The van der Waals surface area contributed by atoms with Gasteiger partial charge in [0.15, 0.2) is 11.6 Å². The first-order valence-electron chi connectivity index (χ1n) is 4.49. The normalized spacial score (nSPS) is 18.3. The molecule has 1 fully saturated rings. The lowest BCUT2D eigenvalue weighted by Crippen LogP contribution is -2.15. The largest absolute Gasteiger partial charge is 0.324 e. The first-order chi connectivity index (χ1) is 6.59. The van der Waals surface area contributed by atoms with Gasteiger partial charge in [-0.25, -0.2) is 13.2 Å². The van der Waals surface area contributed by atoms with Gasteiger partial charge in [-0.15, -0.1) is 0 Å². The quantitative estimate of drug-likeness (QED) is 0.731. The minimum absolute atomic E-state index is 0.0509. The minimum Gasteiger partial charge on any atom is -0.324 e. The van der Waals surface area contributed by atoms with Gasteiger partial charge in [0.25, 0.3) is 0 Å². The molecule has 1 aliphatic carbocycles. The summed E-state index contributed by atoms with van der Waals surface area (Å²) in [6.45, 7) is 0. The number of halogens is 3. The number of hydrogen-bond donors (Lipinski definition) is 1. The van der Waals surface area contributed by atoms with Crippen molar-refractivity contribution >= 4 is 0 Å². The van der Waals surface area contributed by atoms with Crippen LogP contribution in [-0.4, -0.2) is 0 Å². The number of nitrogens with two attached hydrogens (primary N) is 1. The van der Waals surface area contributed by atoms with Gasteiger partial charge < -0.3 is 5.73 Å². The Kier molecular flexibility index (Phi) is 2.23. The molecule has 1 atom stereocenters. The standard InChI is InChI=1S/C10H10F3N/c11-6-3-7(9(13)8(12)4-6)10(14)5-1-2-5/h3-5,10H,1-2,14H2/t10-/m0/s1. The molecule has 1 nitrogen and oxygen atoms in total. The predicted octanol–water partition coefficient (Wildman–Crippen LogP) is 2.51. The van der Waals surface area contributed by atoms with Crippen LogP contribution < -0.4 is 5.73 Å². The zero-order valence-corrected chi connectivity index (χ0v) is 7.43. The Balaban J connectivity index is 2.39. The van der Waals surface area contributed by atoms with Crippen LogP contribution in [0.15, 0.2) is 12.1 Å². The Hall–Kier alpha value is -1.03. The Labute approximate surface area is 79.7 Å². The average Bonchev–Trinajstić information content (AvgIpc) is 2.93. The molecule has 0 bridgehead atoms. The van der Waals surface area contributed by atoms with E-state index in [1.54, 1.807) is 0 Å². The SMILES string of the molecule is N[C@H](c1cc(F)cc(F)c1F)C1CC1. The molecule has 0 saturated heterocycles. The van der Waals surface area contributed by atoms with Gasteiger partial charge in [-0.2, -0.15) is 0 Å². The summed E-state index contributed by atoms with van der Waals surface area (Å²) in [6.07, 6.45) is 1.80. The second-order valence-corrected chi connectivity index (χ2v) is 3.65. The van der Waals surface area contributed by atoms with Gasteiger partial charge in [-0.3, -0.25) is 0 Å². The van der Waals surface area contributed by atoms with Gasteiger partial charge in [0.1, 0.15) is 5.82 Å². The van der Waals surface area contributed by atoms with Crippen LogP contribution in [0.25, 0.3) is 0 Å². The van der Waals surface area contributed by atoms with Crippen molar-refractivity contribution in [2.45, 2.75) is 18.9 Å². The fourth-order valence-electron chi connectivity index (χ4n) is 1.53. The minimum atomic E-state index is -1.17. The summed E-state index contributed by atoms with van der Waals surface area (Å²) in [5.41, 5.74) is 5.61. The molecule has 76 valence electrons. The second-order valence-electron chi connectivity index (χ2n) is 3.65. The molecule has 14 heavy (non-hydrogen) atoms. The van der Waals surface area contributed by atoms with Crippen LogP contribution in [0.3, 0.4) is 0 Å². The fraction of sp³-hybridized carbons (Fsp3) is 0.400. The number of rotatable bonds is 2. The van der Waals surface area contributed by atoms with E-state index in [4.69, 9.17) is 5.73 Å². The van der Waals surface area contributed by atoms with Crippen LogP contribution in [0.1, 0.15) is 24.4 Å². The molecule has 1 aromatic rings. The molecule has 2 N–H and O–H groups in total. The molecule has 0 unspecified atom stereocenters. The monoisotopic (exact) mass is 201 g/mol. The van der Waals surface area contributed by atoms with Gasteiger partial charge in [-0.05, 0) is 24.8 Å². The Morgan fingerprint density at radius 1 is 1.21 bits per heavy atom. The lowest BCUT2D eigenvalue weighted by atomic mass is 10.0. The third-order valence-corrected chi connectivity index (χ3v) is 2.51. The molecule has 1 aromatic carbocycles. The predicted molar refractivity (Wildman–Crippen MR) is 46.0 cm³/mol. The molecular weight excluding hydrogens is 191 g/mol. The third kappa shape index (κ3) is 1.62. The van der Waals surface area contributed by atoms with E-state index >= 15 is 0 Å². The molecule has 1 saturated carbocycles. The first kappa shape index (κ1) is 9.52. The molecule has 1 aliphatic rings. The number of hydrogen-bond acceptors (Lipinski definition) is 1. The van der Waals surface area contributed by atoms with E-state index in [2.05, 4.69) is 0 Å². The zero-order chi connectivity index (χ0) is 10.3. The van der Waals surface area contributed by atoms with Gasteiger partial charge >= 0.3 is 0 Å². The van der Waals surface area contributed by atoms with Crippen molar-refractivity contribution in [3.05, 3.63) is 35.1 Å². The smallest absolute Gasteiger partial charge is 0.163 e. The summed E-state index contributed by atoms with van der Waals surface area (Å²) < 4.78 is 38.8. The van der Waals surface area contributed by atoms with Crippen LogP contribution in [0.4, 0.5) is 13.2 Å². The molecule has 0 aliphatic heterocycles. The summed E-state index contributed by atoms with van der Waals surface area (Å²) in [6, 6.07) is 0.917. The van der Waals surface area contributed by atoms with Crippen LogP contribution in [0.5, 0.6) is 0 Å². The van der Waals surface area contributed by atoms with Gasteiger partial charge in [0.05, 0.1) is 0 Å². The highest BCUT2D eigenvalue weighted by Crippen LogP contribution is 2.40. The maximum Gasteiger partial charge on any atom is 0.163 e. The summed E-state index contributed by atoms with van der Waals surface area (Å²) in [7, 11) is 0. The van der Waals surface area contributed by atoms with Crippen molar-refractivity contribution in [3.8, 4) is 0 Å². The van der Waals surface area contributed by atoms with Gasteiger partial charge in [0, 0.05) is 17.7 Å². The van der Waals surface area contributed by atoms with Crippen molar-refractivity contribution in [2.75, 3.05) is 0 Å². The lowest BCUT2D eigenvalue weighted by Gasteiger charge is -2.12. The summed E-state index contributed by atoms with van der Waals surface area (Å²) in [5.74, 6) is -2.80. The van der Waals surface area contributed by atoms with E-state index in [9.17, 15) is 13.2 Å². The molecule has 0 heterocycles. The Morgan fingerprint density at radius 2 is 1.86 bits per heavy atom. The molecule has 0 aromatic heterocycles. The van der Waals surface area contributed by atoms with E-state index < -0.39 is 23.5 Å². The van der Waals surface area contributed by atoms with Crippen LogP contribution in [-0.2, 0) is 0 Å². The fourth-order valence-corrected chi connectivity index (χ4v) is 1.53. The van der Waals surface area contributed by atoms with Crippen LogP contribution >= 0.6 is 0 Å². The summed E-state index contributed by atoms with van der Waals surface area (Å²) >= 11 is 0. The highest BCUT2D eigenvalue weighted by molar-refractivity contribution is 5.24. The van der Waals surface area contributed by atoms with Crippen molar-refractivity contribution in [1.29, 1.82) is 0 Å². The van der Waals surface area contributed by atoms with Crippen molar-refractivity contribution in [2.24, 2.45) is 11.7 Å². The van der Waals surface area contributed by atoms with E-state index in [1.807, 2.05) is 0 Å². The lowest BCUT2D eigenvalue weighted by molar-refractivity contribution is 0.466. The molecule has 0 amide bonds. The summed E-state index contributed by atoms with van der Waals surface area (Å²) in [4.78, 5) is 0. The van der Waals surface area contributed by atoms with Crippen molar-refractivity contribution in [3.63, 3.8) is 0 Å². The maximum absolute atomic E-state index is 13.2. The zero-order valence-electron chi connectivity index (χ0n) is 7.43. The van der Waals surface area contributed by atoms with Crippen LogP contribution in [0.2, 0.25) is 0 Å². The van der Waals surface area contributed by atoms with E-state index in [0.717, 1.165) is 18.9 Å². The molecule has 2 rings (SSSR count). The van der Waals surface area contributed by atoms with Gasteiger partial charge in [0.2, 0.25) is 0 Å². The van der Waals surface area contributed by atoms with E-state index in [-0.39, 0.29) is 11.5 Å². The maximum atomic E-state index is 13.2. The van der Waals surface area contributed by atoms with E-state index in [1.165, 1.54) is 0 Å². The molecule has 0 spiro atoms. The molecular formula is C10H10F3N. The average molecular weight is 201 g/mol. The second kappa shape index (κ2) is 3.28. The topological polar surface area (TPSA) is 26.0 Å². The van der Waals surface area contributed by atoms with Gasteiger partial charge in [-0.1, -0.05) is 0 Å².